The van der Waals surface area contributed by atoms with E-state index in [9.17, 15) is 4.39 Å². The lowest BCUT2D eigenvalue weighted by Gasteiger charge is -2.09. The molecule has 0 saturated heterocycles. The predicted octanol–water partition coefficient (Wildman–Crippen LogP) is 3.47. The van der Waals surface area contributed by atoms with Crippen molar-refractivity contribution in [1.82, 2.24) is 9.55 Å². The fraction of sp³-hybridized carbons (Fsp3) is 0.500. The number of imidazole rings is 1. The maximum absolute atomic E-state index is 13.4. The van der Waals surface area contributed by atoms with E-state index >= 15 is 0 Å². The van der Waals surface area contributed by atoms with Gasteiger partial charge in [0.2, 0.25) is 5.95 Å². The van der Waals surface area contributed by atoms with Gasteiger partial charge in [0.05, 0.1) is 16.1 Å². The number of benzene rings is 1. The van der Waals surface area contributed by atoms with Crippen LogP contribution in [0.5, 0.6) is 0 Å². The number of fused-ring (bicyclic) bond motifs is 1. The maximum Gasteiger partial charge on any atom is 0.201 e. The highest BCUT2D eigenvalue weighted by molar-refractivity contribution is 6.31. The van der Waals surface area contributed by atoms with Crippen molar-refractivity contribution in [2.45, 2.75) is 26.8 Å². The summed E-state index contributed by atoms with van der Waals surface area (Å²) in [5.74, 6) is 0.408. The van der Waals surface area contributed by atoms with Gasteiger partial charge in [-0.05, 0) is 18.4 Å². The minimum atomic E-state index is -0.482. The third-order valence-corrected chi connectivity index (χ3v) is 3.23. The SMILES string of the molecule is CC(C)COCCCn1c(N)nc2cc(F)c(Cl)cc21. The summed E-state index contributed by atoms with van der Waals surface area (Å²) in [5.41, 5.74) is 7.13. The van der Waals surface area contributed by atoms with Gasteiger partial charge in [-0.1, -0.05) is 25.4 Å². The Morgan fingerprint density at radius 3 is 2.90 bits per heavy atom. The molecule has 2 rings (SSSR count). The first-order valence-corrected chi connectivity index (χ1v) is 7.05. The highest BCUT2D eigenvalue weighted by Gasteiger charge is 2.11. The standard InChI is InChI=1S/C14H19ClFN3O/c1-9(2)8-20-5-3-4-19-13-6-10(15)11(16)7-12(13)18-14(19)17/h6-7,9H,3-5,8H2,1-2H3,(H2,17,18). The van der Waals surface area contributed by atoms with E-state index in [2.05, 4.69) is 18.8 Å². The fourth-order valence-electron chi connectivity index (χ4n) is 2.02. The van der Waals surface area contributed by atoms with E-state index in [1.165, 1.54) is 6.07 Å². The van der Waals surface area contributed by atoms with Crippen LogP contribution < -0.4 is 5.73 Å². The second-order valence-electron chi connectivity index (χ2n) is 5.20. The third kappa shape index (κ3) is 3.41. The largest absolute Gasteiger partial charge is 0.381 e. The van der Waals surface area contributed by atoms with Gasteiger partial charge in [0.25, 0.3) is 0 Å². The molecule has 0 fully saturated rings. The topological polar surface area (TPSA) is 53.1 Å². The Bertz CT molecular complexity index is 598. The minimum Gasteiger partial charge on any atom is -0.381 e. The van der Waals surface area contributed by atoms with Gasteiger partial charge >= 0.3 is 0 Å². The molecule has 4 nitrogen and oxygen atoms in total. The normalized spacial score (nSPS) is 11.7. The smallest absolute Gasteiger partial charge is 0.201 e. The number of nitrogens with two attached hydrogens (primary N) is 1. The van der Waals surface area contributed by atoms with E-state index < -0.39 is 5.82 Å². The first kappa shape index (κ1) is 15.1. The van der Waals surface area contributed by atoms with Crippen LogP contribution in [0.3, 0.4) is 0 Å². The van der Waals surface area contributed by atoms with Crippen LogP contribution in [0.15, 0.2) is 12.1 Å². The average Bonchev–Trinajstić information content (AvgIpc) is 2.65. The van der Waals surface area contributed by atoms with E-state index in [0.29, 0.717) is 30.5 Å². The van der Waals surface area contributed by atoms with Gasteiger partial charge in [-0.15, -0.1) is 0 Å². The van der Waals surface area contributed by atoms with E-state index in [0.717, 1.165) is 18.5 Å². The molecular formula is C14H19ClFN3O. The van der Waals surface area contributed by atoms with Crippen molar-refractivity contribution in [3.8, 4) is 0 Å². The Morgan fingerprint density at radius 1 is 1.45 bits per heavy atom. The summed E-state index contributed by atoms with van der Waals surface area (Å²) in [6.07, 6.45) is 0.817. The molecule has 1 heterocycles. The zero-order valence-electron chi connectivity index (χ0n) is 11.7. The molecule has 0 amide bonds. The van der Waals surface area contributed by atoms with Crippen molar-refractivity contribution < 1.29 is 9.13 Å². The molecule has 0 unspecified atom stereocenters. The molecule has 110 valence electrons. The number of ether oxygens (including phenoxy) is 1. The number of rotatable bonds is 6. The number of hydrogen-bond acceptors (Lipinski definition) is 3. The average molecular weight is 300 g/mol. The van der Waals surface area contributed by atoms with Gasteiger partial charge in [0.1, 0.15) is 5.82 Å². The van der Waals surface area contributed by atoms with E-state index in [-0.39, 0.29) is 5.02 Å². The van der Waals surface area contributed by atoms with Crippen molar-refractivity contribution in [3.63, 3.8) is 0 Å². The molecule has 2 aromatic rings. The Labute approximate surface area is 122 Å². The summed E-state index contributed by atoms with van der Waals surface area (Å²) in [5, 5.41) is 0.0784. The first-order valence-electron chi connectivity index (χ1n) is 6.67. The maximum atomic E-state index is 13.4. The zero-order valence-corrected chi connectivity index (χ0v) is 12.5. The molecule has 6 heteroatoms. The lowest BCUT2D eigenvalue weighted by atomic mass is 10.2. The summed E-state index contributed by atoms with van der Waals surface area (Å²) < 4.78 is 20.7. The van der Waals surface area contributed by atoms with Crippen LogP contribution in [0.1, 0.15) is 20.3 Å². The van der Waals surface area contributed by atoms with Crippen LogP contribution in [0, 0.1) is 11.7 Å². The highest BCUT2D eigenvalue weighted by Crippen LogP contribution is 2.24. The number of halogens is 2. The summed E-state index contributed by atoms with van der Waals surface area (Å²) in [6.45, 7) is 6.29. The second kappa shape index (κ2) is 6.41. The van der Waals surface area contributed by atoms with E-state index in [1.54, 1.807) is 6.07 Å². The Hall–Kier alpha value is -1.33. The minimum absolute atomic E-state index is 0.0784. The van der Waals surface area contributed by atoms with Gasteiger partial charge in [0, 0.05) is 25.8 Å². The molecule has 0 aliphatic heterocycles. The lowest BCUT2D eigenvalue weighted by molar-refractivity contribution is 0.105. The summed E-state index contributed by atoms with van der Waals surface area (Å²) in [7, 11) is 0. The van der Waals surface area contributed by atoms with Crippen molar-refractivity contribution in [2.75, 3.05) is 18.9 Å². The van der Waals surface area contributed by atoms with Crippen LogP contribution in [0.2, 0.25) is 5.02 Å². The first-order chi connectivity index (χ1) is 9.49. The Kier molecular flexibility index (Phi) is 4.83. The van der Waals surface area contributed by atoms with Crippen LogP contribution in [-0.2, 0) is 11.3 Å². The van der Waals surface area contributed by atoms with Gasteiger partial charge < -0.3 is 15.0 Å². The second-order valence-corrected chi connectivity index (χ2v) is 5.61. The van der Waals surface area contributed by atoms with Crippen molar-refractivity contribution >= 4 is 28.6 Å². The van der Waals surface area contributed by atoms with Crippen molar-refractivity contribution in [3.05, 3.63) is 23.0 Å². The predicted molar refractivity (Wildman–Crippen MR) is 79.4 cm³/mol. The molecular weight excluding hydrogens is 281 g/mol. The summed E-state index contributed by atoms with van der Waals surface area (Å²) >= 11 is 5.81. The molecule has 0 radical (unpaired) electrons. The highest BCUT2D eigenvalue weighted by atomic mass is 35.5. The third-order valence-electron chi connectivity index (χ3n) is 2.94. The number of nitrogen functional groups attached to an aromatic ring is 1. The number of hydrogen-bond donors (Lipinski definition) is 1. The number of aryl methyl sites for hydroxylation is 1. The van der Waals surface area contributed by atoms with E-state index in [4.69, 9.17) is 22.1 Å². The quantitative estimate of drug-likeness (QED) is 0.831. The van der Waals surface area contributed by atoms with Gasteiger partial charge in [0.15, 0.2) is 0 Å². The number of nitrogens with zero attached hydrogens (tertiary/aromatic N) is 2. The van der Waals surface area contributed by atoms with Crippen molar-refractivity contribution in [2.24, 2.45) is 5.92 Å². The zero-order chi connectivity index (χ0) is 14.7. The number of aromatic nitrogens is 2. The molecule has 1 aromatic heterocycles. The van der Waals surface area contributed by atoms with Gasteiger partial charge in [-0.25, -0.2) is 9.37 Å². The Morgan fingerprint density at radius 2 is 2.20 bits per heavy atom. The van der Waals surface area contributed by atoms with Gasteiger partial charge in [-0.3, -0.25) is 0 Å². The molecule has 0 aliphatic carbocycles. The van der Waals surface area contributed by atoms with Crippen LogP contribution >= 0.6 is 11.6 Å². The molecule has 20 heavy (non-hydrogen) atoms. The molecule has 0 saturated carbocycles. The summed E-state index contributed by atoms with van der Waals surface area (Å²) in [4.78, 5) is 4.14. The molecule has 0 atom stereocenters. The number of anilines is 1. The Balaban J connectivity index is 2.06. The molecule has 2 N–H and O–H groups in total. The fourth-order valence-corrected chi connectivity index (χ4v) is 2.18. The summed E-state index contributed by atoms with van der Waals surface area (Å²) in [6, 6.07) is 2.87. The molecule has 0 bridgehead atoms. The lowest BCUT2D eigenvalue weighted by Crippen LogP contribution is -2.08. The van der Waals surface area contributed by atoms with Crippen LogP contribution in [0.25, 0.3) is 11.0 Å². The van der Waals surface area contributed by atoms with Crippen LogP contribution in [-0.4, -0.2) is 22.8 Å². The molecule has 1 aromatic carbocycles. The monoisotopic (exact) mass is 299 g/mol. The molecule has 0 spiro atoms. The van der Waals surface area contributed by atoms with Gasteiger partial charge in [-0.2, -0.15) is 0 Å². The van der Waals surface area contributed by atoms with Crippen molar-refractivity contribution in [1.29, 1.82) is 0 Å². The van der Waals surface area contributed by atoms with E-state index in [1.807, 2.05) is 4.57 Å². The van der Waals surface area contributed by atoms with Crippen LogP contribution in [0.4, 0.5) is 10.3 Å². The molecule has 0 aliphatic rings.